The molecule has 4 rings (SSSR count). The molecule has 2 heterocycles. The van der Waals surface area contributed by atoms with E-state index in [9.17, 15) is 8.42 Å². The fourth-order valence-corrected chi connectivity index (χ4v) is 4.75. The van der Waals surface area contributed by atoms with Crippen molar-refractivity contribution in [2.45, 2.75) is 45.1 Å². The predicted octanol–water partition coefficient (Wildman–Crippen LogP) is 4.22. The highest BCUT2D eigenvalue weighted by atomic mass is 32.2. The highest BCUT2D eigenvalue weighted by molar-refractivity contribution is 7.90. The van der Waals surface area contributed by atoms with Crippen LogP contribution in [-0.2, 0) is 9.84 Å². The molecule has 7 nitrogen and oxygen atoms in total. The highest BCUT2D eigenvalue weighted by Gasteiger charge is 2.19. The van der Waals surface area contributed by atoms with Crippen LogP contribution in [0.25, 0.3) is 16.7 Å². The van der Waals surface area contributed by atoms with Gasteiger partial charge in [0.05, 0.1) is 17.9 Å². The fraction of sp³-hybridized carbons (Fsp3) is 0.478. The van der Waals surface area contributed by atoms with E-state index in [4.69, 9.17) is 9.72 Å². The quantitative estimate of drug-likeness (QED) is 0.526. The zero-order chi connectivity index (χ0) is 21.8. The first-order valence-corrected chi connectivity index (χ1v) is 13.0. The number of aromatic nitrogens is 3. The number of anilines is 1. The molecule has 2 aromatic heterocycles. The maximum atomic E-state index is 11.3. The number of nitrogens with zero attached hydrogens (tertiary/aromatic N) is 3. The first-order valence-electron chi connectivity index (χ1n) is 10.9. The van der Waals surface area contributed by atoms with E-state index >= 15 is 0 Å². The lowest BCUT2D eigenvalue weighted by atomic mass is 9.87. The number of hydrogen-bond acceptors (Lipinski definition) is 6. The minimum absolute atomic E-state index is 0.126. The van der Waals surface area contributed by atoms with Crippen LogP contribution < -0.4 is 10.1 Å². The van der Waals surface area contributed by atoms with E-state index in [1.165, 1.54) is 19.1 Å². The second-order valence-corrected chi connectivity index (χ2v) is 10.8. The van der Waals surface area contributed by atoms with Crippen molar-refractivity contribution in [1.82, 2.24) is 14.5 Å². The van der Waals surface area contributed by atoms with Gasteiger partial charge in [-0.1, -0.05) is 13.0 Å². The van der Waals surface area contributed by atoms with Crippen LogP contribution in [0.3, 0.4) is 0 Å². The summed E-state index contributed by atoms with van der Waals surface area (Å²) in [6, 6.07) is 10.2. The second kappa shape index (κ2) is 9.26. The lowest BCUT2D eigenvalue weighted by molar-refractivity contribution is 0.321. The molecule has 1 aliphatic carbocycles. The van der Waals surface area contributed by atoms with Crippen molar-refractivity contribution >= 4 is 26.7 Å². The molecule has 0 saturated heterocycles. The first-order chi connectivity index (χ1) is 14.9. The Kier molecular flexibility index (Phi) is 6.46. The van der Waals surface area contributed by atoms with E-state index in [0.717, 1.165) is 41.2 Å². The monoisotopic (exact) mass is 442 g/mol. The molecule has 1 N–H and O–H groups in total. The Balaban J connectivity index is 1.50. The number of sulfone groups is 1. The topological polar surface area (TPSA) is 86.1 Å². The number of benzene rings is 1. The van der Waals surface area contributed by atoms with Crippen LogP contribution in [-0.4, -0.2) is 47.6 Å². The van der Waals surface area contributed by atoms with Crippen LogP contribution in [0.1, 0.15) is 39.0 Å². The molecule has 0 unspecified atom stereocenters. The summed E-state index contributed by atoms with van der Waals surface area (Å²) in [6.07, 6.45) is 10.3. The molecule has 3 aromatic rings. The molecule has 1 fully saturated rings. The van der Waals surface area contributed by atoms with Gasteiger partial charge in [0.1, 0.15) is 21.4 Å². The Labute approximate surface area is 183 Å². The van der Waals surface area contributed by atoms with Crippen molar-refractivity contribution in [2.24, 2.45) is 5.92 Å². The van der Waals surface area contributed by atoms with E-state index < -0.39 is 9.84 Å². The van der Waals surface area contributed by atoms with E-state index in [1.54, 1.807) is 6.20 Å². The van der Waals surface area contributed by atoms with Crippen LogP contribution in [0.4, 0.5) is 5.95 Å². The molecule has 0 bridgehead atoms. The van der Waals surface area contributed by atoms with Gasteiger partial charge >= 0.3 is 0 Å². The molecule has 0 amide bonds. The number of nitrogens with one attached hydrogen (secondary N) is 1. The number of rotatable bonds is 8. The summed E-state index contributed by atoms with van der Waals surface area (Å²) in [4.78, 5) is 9.16. The van der Waals surface area contributed by atoms with Gasteiger partial charge in [-0.25, -0.2) is 13.4 Å². The third-order valence-corrected chi connectivity index (χ3v) is 6.88. The summed E-state index contributed by atoms with van der Waals surface area (Å²) >= 11 is 0. The Morgan fingerprint density at radius 2 is 1.97 bits per heavy atom. The van der Waals surface area contributed by atoms with Crippen molar-refractivity contribution in [3.05, 3.63) is 42.7 Å². The number of ether oxygens (including phenoxy) is 1. The molecular formula is C23H30N4O3S. The first kappa shape index (κ1) is 21.6. The molecular weight excluding hydrogens is 412 g/mol. The molecule has 0 atom stereocenters. The highest BCUT2D eigenvalue weighted by Crippen LogP contribution is 2.29. The summed E-state index contributed by atoms with van der Waals surface area (Å²) in [5.74, 6) is 3.13. The maximum Gasteiger partial charge on any atom is 0.224 e. The molecule has 0 spiro atoms. The maximum absolute atomic E-state index is 11.3. The standard InChI is InChI=1S/C23H30N4O3S/c1-17-7-9-18(10-8-17)25-23-24-13-11-22(26-23)27-14-12-19-20(27)5-3-6-21(19)30-15-4-16-31(2,28)29/h3,5-6,11-14,17-18H,4,7-10,15-16H2,1-2H3,(H,24,25,26). The third-order valence-electron chi connectivity index (χ3n) is 5.85. The second-order valence-electron chi connectivity index (χ2n) is 8.55. The van der Waals surface area contributed by atoms with E-state index in [0.29, 0.717) is 25.0 Å². The summed E-state index contributed by atoms with van der Waals surface area (Å²) in [6.45, 7) is 2.67. The van der Waals surface area contributed by atoms with Gasteiger partial charge < -0.3 is 14.6 Å². The summed E-state index contributed by atoms with van der Waals surface area (Å²) < 4.78 is 30.5. The third kappa shape index (κ3) is 5.55. The Bertz CT molecular complexity index is 1130. The van der Waals surface area contributed by atoms with E-state index in [1.807, 2.05) is 41.1 Å². The van der Waals surface area contributed by atoms with Crippen LogP contribution in [0.5, 0.6) is 5.75 Å². The van der Waals surface area contributed by atoms with Crippen molar-refractivity contribution in [3.8, 4) is 11.6 Å². The number of hydrogen-bond donors (Lipinski definition) is 1. The fourth-order valence-electron chi connectivity index (χ4n) is 4.11. The van der Waals surface area contributed by atoms with Crippen LogP contribution in [0, 0.1) is 5.92 Å². The molecule has 31 heavy (non-hydrogen) atoms. The van der Waals surface area contributed by atoms with Gasteiger partial charge in [-0.15, -0.1) is 0 Å². The predicted molar refractivity (Wildman–Crippen MR) is 124 cm³/mol. The summed E-state index contributed by atoms with van der Waals surface area (Å²) in [7, 11) is -2.97. The van der Waals surface area contributed by atoms with Gasteiger partial charge in [0.25, 0.3) is 0 Å². The molecule has 8 heteroatoms. The summed E-state index contributed by atoms with van der Waals surface area (Å²) in [5, 5.41) is 4.47. The van der Waals surface area contributed by atoms with Gasteiger partial charge in [-0.3, -0.25) is 0 Å². The zero-order valence-electron chi connectivity index (χ0n) is 18.1. The van der Waals surface area contributed by atoms with Gasteiger partial charge in [0.15, 0.2) is 0 Å². The van der Waals surface area contributed by atoms with E-state index in [2.05, 4.69) is 17.2 Å². The average molecular weight is 443 g/mol. The van der Waals surface area contributed by atoms with Gasteiger partial charge in [0, 0.05) is 30.1 Å². The average Bonchev–Trinajstić information content (AvgIpc) is 3.17. The Hall–Kier alpha value is -2.61. The largest absolute Gasteiger partial charge is 0.493 e. The van der Waals surface area contributed by atoms with Crippen molar-refractivity contribution < 1.29 is 13.2 Å². The Morgan fingerprint density at radius 3 is 2.74 bits per heavy atom. The van der Waals surface area contributed by atoms with Gasteiger partial charge in [-0.05, 0) is 62.3 Å². The van der Waals surface area contributed by atoms with Gasteiger partial charge in [-0.2, -0.15) is 4.98 Å². The molecule has 0 aliphatic heterocycles. The van der Waals surface area contributed by atoms with Crippen LogP contribution in [0.2, 0.25) is 0 Å². The molecule has 0 radical (unpaired) electrons. The molecule has 1 aromatic carbocycles. The van der Waals surface area contributed by atoms with Crippen molar-refractivity contribution in [2.75, 3.05) is 23.9 Å². The molecule has 1 saturated carbocycles. The summed E-state index contributed by atoms with van der Waals surface area (Å²) in [5.41, 5.74) is 0.983. The van der Waals surface area contributed by atoms with E-state index in [-0.39, 0.29) is 5.75 Å². The SMILES string of the molecule is CC1CCC(Nc2nccc(-n3ccc4c(OCCCS(C)(=O)=O)cccc43)n2)CC1. The smallest absolute Gasteiger partial charge is 0.224 e. The Morgan fingerprint density at radius 1 is 1.16 bits per heavy atom. The van der Waals surface area contributed by atoms with Crippen LogP contribution in [0.15, 0.2) is 42.7 Å². The minimum atomic E-state index is -2.97. The lowest BCUT2D eigenvalue weighted by Crippen LogP contribution is -2.26. The molecule has 1 aliphatic rings. The lowest BCUT2D eigenvalue weighted by Gasteiger charge is -2.26. The number of fused-ring (bicyclic) bond motifs is 1. The van der Waals surface area contributed by atoms with Crippen molar-refractivity contribution in [1.29, 1.82) is 0 Å². The normalized spacial score (nSPS) is 19.4. The minimum Gasteiger partial charge on any atom is -0.493 e. The zero-order valence-corrected chi connectivity index (χ0v) is 18.9. The molecule has 166 valence electrons. The van der Waals surface area contributed by atoms with Crippen molar-refractivity contribution in [3.63, 3.8) is 0 Å². The van der Waals surface area contributed by atoms with Crippen LogP contribution >= 0.6 is 0 Å². The van der Waals surface area contributed by atoms with Gasteiger partial charge in [0.2, 0.25) is 5.95 Å².